The first-order chi connectivity index (χ1) is 43.4. The van der Waals surface area contributed by atoms with E-state index in [0.717, 1.165) is 115 Å². The molecule has 0 aromatic rings. The van der Waals surface area contributed by atoms with Gasteiger partial charge in [-0.25, -0.2) is 9.13 Å². The second-order valence-electron chi connectivity index (χ2n) is 25.9. The van der Waals surface area contributed by atoms with Crippen molar-refractivity contribution in [3.8, 4) is 0 Å². The van der Waals surface area contributed by atoms with E-state index >= 15 is 0 Å². The first kappa shape index (κ1) is 87.5. The van der Waals surface area contributed by atoms with Crippen LogP contribution in [0, 0.1) is 11.8 Å². The Morgan fingerprint density at radius 1 is 0.344 bits per heavy atom. The van der Waals surface area contributed by atoms with Crippen molar-refractivity contribution >= 4 is 39.5 Å². The van der Waals surface area contributed by atoms with Crippen molar-refractivity contribution in [1.29, 1.82) is 0 Å². The van der Waals surface area contributed by atoms with E-state index in [4.69, 9.17) is 37.0 Å². The number of allylic oxidation sites excluding steroid dienone is 4. The summed E-state index contributed by atoms with van der Waals surface area (Å²) < 4.78 is 68.2. The number of carbonyl (C=O) groups excluding carboxylic acids is 4. The summed E-state index contributed by atoms with van der Waals surface area (Å²) in [7, 11) is -9.91. The van der Waals surface area contributed by atoms with Crippen molar-refractivity contribution in [3.05, 3.63) is 24.3 Å². The van der Waals surface area contributed by atoms with Gasteiger partial charge in [0.05, 0.1) is 26.4 Å². The number of phosphoric acid groups is 2. The number of carbonyl (C=O) groups is 4. The summed E-state index contributed by atoms with van der Waals surface area (Å²) in [5, 5.41) is 10.6. The number of unbranched alkanes of at least 4 members (excludes halogenated alkanes) is 35. The van der Waals surface area contributed by atoms with Gasteiger partial charge in [0.1, 0.15) is 19.3 Å². The molecule has 0 aliphatic rings. The highest BCUT2D eigenvalue weighted by Gasteiger charge is 2.30. The number of rotatable bonds is 68. The molecule has 90 heavy (non-hydrogen) atoms. The van der Waals surface area contributed by atoms with Crippen molar-refractivity contribution in [2.75, 3.05) is 39.6 Å². The van der Waals surface area contributed by atoms with Gasteiger partial charge in [-0.05, 0) is 63.2 Å². The van der Waals surface area contributed by atoms with Crippen LogP contribution in [0.2, 0.25) is 0 Å². The zero-order chi connectivity index (χ0) is 66.5. The molecular weight excluding hydrogens is 1190 g/mol. The number of hydrogen-bond acceptors (Lipinski definition) is 15. The van der Waals surface area contributed by atoms with Gasteiger partial charge in [0, 0.05) is 25.7 Å². The molecule has 0 aromatic carbocycles. The van der Waals surface area contributed by atoms with Crippen LogP contribution >= 0.6 is 15.6 Å². The molecule has 2 unspecified atom stereocenters. The summed E-state index contributed by atoms with van der Waals surface area (Å²) in [5.41, 5.74) is 0. The van der Waals surface area contributed by atoms with Gasteiger partial charge in [-0.3, -0.25) is 37.3 Å². The van der Waals surface area contributed by atoms with Crippen LogP contribution in [0.3, 0.4) is 0 Å². The molecule has 0 spiro atoms. The Bertz CT molecular complexity index is 1850. The van der Waals surface area contributed by atoms with E-state index < -0.39 is 97.5 Å². The summed E-state index contributed by atoms with van der Waals surface area (Å²) in [6.45, 7) is 9.45. The standard InChI is InChI=1S/C71H134O17P2/c1-7-9-11-13-15-17-18-19-20-21-22-31-37-43-49-55-70(75)87-67(60-82-69(74)54-48-42-36-30-25-23-28-33-39-45-51-63(3)4)62-86-90(79,80)84-58-65(72)57-83-89(77,78)85-61-66(59-81-68(73)53-47-41-35-27-16-14-12-10-8-2)88-71(76)56-50-44-38-32-26-24-29-34-40-46-52-64(5)6/h17-20,63-67,72H,7-16,21-62H2,1-6H3,(H,77,78)(H,79,80)/b18-17-,20-19-/t65-,66+,67+/m0/s1. The van der Waals surface area contributed by atoms with E-state index in [2.05, 4.69) is 65.8 Å². The second kappa shape index (κ2) is 62.6. The Labute approximate surface area is 548 Å². The number of hydrogen-bond donors (Lipinski definition) is 3. The molecule has 5 atom stereocenters. The van der Waals surface area contributed by atoms with Crippen LogP contribution in [0.15, 0.2) is 24.3 Å². The molecule has 0 saturated carbocycles. The Balaban J connectivity index is 5.28. The molecule has 0 bridgehead atoms. The normalized spacial score (nSPS) is 14.3. The molecular formula is C71H134O17P2. The second-order valence-corrected chi connectivity index (χ2v) is 28.8. The minimum atomic E-state index is -4.96. The Hall–Kier alpha value is -2.46. The minimum Gasteiger partial charge on any atom is -0.462 e. The highest BCUT2D eigenvalue weighted by atomic mass is 31.2. The van der Waals surface area contributed by atoms with Crippen LogP contribution in [0.1, 0.15) is 337 Å². The molecule has 17 nitrogen and oxygen atoms in total. The van der Waals surface area contributed by atoms with Gasteiger partial charge in [-0.1, -0.05) is 284 Å². The smallest absolute Gasteiger partial charge is 0.462 e. The number of ether oxygens (including phenoxy) is 4. The summed E-state index contributed by atoms with van der Waals surface area (Å²) >= 11 is 0. The summed E-state index contributed by atoms with van der Waals surface area (Å²) in [4.78, 5) is 72.5. The zero-order valence-electron chi connectivity index (χ0n) is 57.9. The van der Waals surface area contributed by atoms with Crippen LogP contribution in [0.4, 0.5) is 0 Å². The molecule has 0 radical (unpaired) electrons. The summed E-state index contributed by atoms with van der Waals surface area (Å²) in [6, 6.07) is 0. The predicted octanol–water partition coefficient (Wildman–Crippen LogP) is 19.9. The highest BCUT2D eigenvalue weighted by molar-refractivity contribution is 7.47. The number of aliphatic hydroxyl groups excluding tert-OH is 1. The van der Waals surface area contributed by atoms with Gasteiger partial charge in [0.2, 0.25) is 0 Å². The number of phosphoric ester groups is 2. The predicted molar refractivity (Wildman–Crippen MR) is 363 cm³/mol. The summed E-state index contributed by atoms with van der Waals surface area (Å²) in [5.74, 6) is -0.648. The zero-order valence-corrected chi connectivity index (χ0v) is 59.7. The maximum Gasteiger partial charge on any atom is 0.472 e. The van der Waals surface area contributed by atoms with E-state index in [9.17, 15) is 43.2 Å². The van der Waals surface area contributed by atoms with Crippen LogP contribution in [-0.2, 0) is 65.4 Å². The fourth-order valence-electron chi connectivity index (χ4n) is 10.2. The molecule has 0 aliphatic carbocycles. The van der Waals surface area contributed by atoms with Crippen molar-refractivity contribution in [3.63, 3.8) is 0 Å². The first-order valence-corrected chi connectivity index (χ1v) is 39.3. The molecule has 530 valence electrons. The van der Waals surface area contributed by atoms with Gasteiger partial charge in [-0.2, -0.15) is 0 Å². The topological polar surface area (TPSA) is 237 Å². The van der Waals surface area contributed by atoms with Crippen LogP contribution < -0.4 is 0 Å². The molecule has 0 heterocycles. The fraction of sp³-hybridized carbons (Fsp3) is 0.887. The fourth-order valence-corrected chi connectivity index (χ4v) is 11.8. The van der Waals surface area contributed by atoms with Gasteiger partial charge in [-0.15, -0.1) is 0 Å². The largest absolute Gasteiger partial charge is 0.472 e. The Morgan fingerprint density at radius 3 is 0.911 bits per heavy atom. The van der Waals surface area contributed by atoms with Crippen molar-refractivity contribution in [2.24, 2.45) is 11.8 Å². The molecule has 0 saturated heterocycles. The quantitative estimate of drug-likeness (QED) is 0.0169. The minimum absolute atomic E-state index is 0.0847. The van der Waals surface area contributed by atoms with E-state index in [1.54, 1.807) is 0 Å². The average Bonchev–Trinajstić information content (AvgIpc) is 3.62. The lowest BCUT2D eigenvalue weighted by atomic mass is 10.0. The molecule has 0 aromatic heterocycles. The Morgan fingerprint density at radius 2 is 0.600 bits per heavy atom. The third-order valence-electron chi connectivity index (χ3n) is 15.8. The van der Waals surface area contributed by atoms with Gasteiger partial charge >= 0.3 is 39.5 Å². The maximum absolute atomic E-state index is 13.0. The van der Waals surface area contributed by atoms with Crippen LogP contribution in [0.25, 0.3) is 0 Å². The van der Waals surface area contributed by atoms with Crippen LogP contribution in [0.5, 0.6) is 0 Å². The lowest BCUT2D eigenvalue weighted by Crippen LogP contribution is -2.30. The number of esters is 4. The van der Waals surface area contributed by atoms with E-state index in [1.807, 2.05) is 0 Å². The maximum atomic E-state index is 13.0. The molecule has 19 heteroatoms. The molecule has 0 fully saturated rings. The summed E-state index contributed by atoms with van der Waals surface area (Å²) in [6.07, 6.45) is 50.7. The molecule has 0 aliphatic heterocycles. The highest BCUT2D eigenvalue weighted by Crippen LogP contribution is 2.45. The average molecular weight is 1320 g/mol. The van der Waals surface area contributed by atoms with Crippen molar-refractivity contribution < 1.29 is 80.2 Å². The van der Waals surface area contributed by atoms with Crippen LogP contribution in [-0.4, -0.2) is 96.7 Å². The van der Waals surface area contributed by atoms with E-state index in [0.29, 0.717) is 25.7 Å². The monoisotopic (exact) mass is 1320 g/mol. The molecule has 0 amide bonds. The lowest BCUT2D eigenvalue weighted by molar-refractivity contribution is -0.161. The van der Waals surface area contributed by atoms with Crippen molar-refractivity contribution in [2.45, 2.75) is 355 Å². The van der Waals surface area contributed by atoms with E-state index in [-0.39, 0.29) is 25.7 Å². The van der Waals surface area contributed by atoms with E-state index in [1.165, 1.54) is 141 Å². The molecule has 0 rings (SSSR count). The first-order valence-electron chi connectivity index (χ1n) is 36.3. The SMILES string of the molecule is CCCCCC/C=C\C=C/CCCCCCCC(=O)O[C@H](COC(=O)CCCCCCCCCCCCC(C)C)COP(=O)(O)OC[C@@H](O)COP(=O)(O)OC[C@@H](COC(=O)CCCCCCCCCCC)OC(=O)CCCCCCCCCCCCC(C)C. The molecule has 3 N–H and O–H groups in total. The number of aliphatic hydroxyl groups is 1. The van der Waals surface area contributed by atoms with Gasteiger partial charge < -0.3 is 33.8 Å². The van der Waals surface area contributed by atoms with Gasteiger partial charge in [0.15, 0.2) is 12.2 Å². The third kappa shape index (κ3) is 64.3. The van der Waals surface area contributed by atoms with Gasteiger partial charge in [0.25, 0.3) is 0 Å². The Kier molecular flexibility index (Phi) is 60.9. The lowest BCUT2D eigenvalue weighted by Gasteiger charge is -2.21. The third-order valence-corrected chi connectivity index (χ3v) is 17.7. The van der Waals surface area contributed by atoms with Crippen molar-refractivity contribution in [1.82, 2.24) is 0 Å².